The fourth-order valence-electron chi connectivity index (χ4n) is 4.02. The largest absolute Gasteiger partial charge is 0.493 e. The fourth-order valence-corrected chi connectivity index (χ4v) is 4.02. The number of ether oxygens (including phenoxy) is 2. The summed E-state index contributed by atoms with van der Waals surface area (Å²) in [5.41, 5.74) is 2.35. The molecule has 2 rings (SSSR count). The zero-order valence-corrected chi connectivity index (χ0v) is 18.4. The molecule has 0 fully saturated rings. The van der Waals surface area contributed by atoms with E-state index in [-0.39, 0.29) is 6.03 Å². The summed E-state index contributed by atoms with van der Waals surface area (Å²) in [6, 6.07) is 4.41. The van der Waals surface area contributed by atoms with Crippen LogP contribution in [-0.4, -0.2) is 62.3 Å². The normalized spacial score (nSPS) is 14.8. The van der Waals surface area contributed by atoms with E-state index in [2.05, 4.69) is 37.9 Å². The number of hydrogen-bond acceptors (Lipinski definition) is 4. The van der Waals surface area contributed by atoms with Gasteiger partial charge >= 0.3 is 6.03 Å². The first-order valence-electron chi connectivity index (χ1n) is 10.4. The molecule has 1 atom stereocenters. The minimum Gasteiger partial charge on any atom is -0.493 e. The summed E-state index contributed by atoms with van der Waals surface area (Å²) < 4.78 is 10.8. The van der Waals surface area contributed by atoms with Crippen molar-refractivity contribution in [2.24, 2.45) is 5.92 Å². The van der Waals surface area contributed by atoms with Crippen molar-refractivity contribution in [1.29, 1.82) is 0 Å². The second-order valence-corrected chi connectivity index (χ2v) is 7.84. The van der Waals surface area contributed by atoms with Crippen molar-refractivity contribution in [2.45, 2.75) is 53.1 Å². The summed E-state index contributed by atoms with van der Waals surface area (Å²) in [6.07, 6.45) is 1.91. The molecular formula is C22H37N3O3. The van der Waals surface area contributed by atoms with Crippen LogP contribution in [0.4, 0.5) is 4.79 Å². The first-order chi connectivity index (χ1) is 13.4. The first-order valence-corrected chi connectivity index (χ1v) is 10.4. The molecule has 28 heavy (non-hydrogen) atoms. The second kappa shape index (κ2) is 10.6. The molecule has 1 unspecified atom stereocenters. The van der Waals surface area contributed by atoms with E-state index >= 15 is 0 Å². The number of likely N-dealkylation sites (N-methyl/N-ethyl adjacent to an activating group) is 1. The van der Waals surface area contributed by atoms with Gasteiger partial charge in [-0.15, -0.1) is 0 Å². The quantitative estimate of drug-likeness (QED) is 0.700. The van der Waals surface area contributed by atoms with Crippen LogP contribution in [0.25, 0.3) is 0 Å². The molecule has 0 aliphatic carbocycles. The number of urea groups is 1. The van der Waals surface area contributed by atoms with Gasteiger partial charge in [-0.25, -0.2) is 4.79 Å². The average Bonchev–Trinajstić information content (AvgIpc) is 2.70. The lowest BCUT2D eigenvalue weighted by molar-refractivity contribution is 0.168. The van der Waals surface area contributed by atoms with Gasteiger partial charge in [0.1, 0.15) is 0 Å². The van der Waals surface area contributed by atoms with E-state index < -0.39 is 0 Å². The van der Waals surface area contributed by atoms with Gasteiger partial charge in [-0.2, -0.15) is 0 Å². The summed E-state index contributed by atoms with van der Waals surface area (Å²) in [5, 5.41) is 3.18. The van der Waals surface area contributed by atoms with Gasteiger partial charge in [0.15, 0.2) is 11.5 Å². The standard InChI is InChI=1S/C22H37N3O3/c1-7-24(8-2)19(11-16(3)4)14-23-22(26)25-10-9-17-12-20(27-5)21(28-6)13-18(17)15-25/h12-13,16,19H,7-11,14-15H2,1-6H3,(H,23,26). The molecule has 1 aliphatic rings. The van der Waals surface area contributed by atoms with Crippen LogP contribution in [0.1, 0.15) is 45.2 Å². The Labute approximate surface area is 170 Å². The highest BCUT2D eigenvalue weighted by Crippen LogP contribution is 2.33. The molecular weight excluding hydrogens is 354 g/mol. The van der Waals surface area contributed by atoms with E-state index in [1.165, 1.54) is 5.56 Å². The maximum Gasteiger partial charge on any atom is 0.317 e. The van der Waals surface area contributed by atoms with Gasteiger partial charge < -0.3 is 19.7 Å². The molecule has 1 heterocycles. The van der Waals surface area contributed by atoms with Crippen molar-refractivity contribution in [1.82, 2.24) is 15.1 Å². The third-order valence-corrected chi connectivity index (χ3v) is 5.57. The van der Waals surface area contributed by atoms with Gasteiger partial charge in [-0.3, -0.25) is 4.90 Å². The summed E-state index contributed by atoms with van der Waals surface area (Å²) >= 11 is 0. The highest BCUT2D eigenvalue weighted by molar-refractivity contribution is 5.74. The highest BCUT2D eigenvalue weighted by atomic mass is 16.5. The Bertz CT molecular complexity index is 644. The molecule has 1 aromatic carbocycles. The molecule has 2 amide bonds. The summed E-state index contributed by atoms with van der Waals surface area (Å²) in [6.45, 7) is 12.8. The predicted octanol–water partition coefficient (Wildman–Crippen LogP) is 3.53. The maximum atomic E-state index is 12.8. The Morgan fingerprint density at radius 1 is 1.14 bits per heavy atom. The third-order valence-electron chi connectivity index (χ3n) is 5.57. The van der Waals surface area contributed by atoms with Gasteiger partial charge in [0.2, 0.25) is 0 Å². The van der Waals surface area contributed by atoms with Crippen molar-refractivity contribution in [3.63, 3.8) is 0 Å². The predicted molar refractivity (Wildman–Crippen MR) is 113 cm³/mol. The van der Waals surface area contributed by atoms with Crippen molar-refractivity contribution in [3.05, 3.63) is 23.3 Å². The van der Waals surface area contributed by atoms with E-state index in [1.54, 1.807) is 14.2 Å². The number of rotatable bonds is 9. The number of nitrogens with zero attached hydrogens (tertiary/aromatic N) is 2. The van der Waals surface area contributed by atoms with Gasteiger partial charge in [0, 0.05) is 25.7 Å². The van der Waals surface area contributed by atoms with Crippen LogP contribution in [0.5, 0.6) is 11.5 Å². The Morgan fingerprint density at radius 3 is 2.29 bits per heavy atom. The maximum absolute atomic E-state index is 12.8. The molecule has 0 aromatic heterocycles. The molecule has 158 valence electrons. The molecule has 6 heteroatoms. The molecule has 0 saturated carbocycles. The van der Waals surface area contributed by atoms with E-state index in [9.17, 15) is 4.79 Å². The van der Waals surface area contributed by atoms with Crippen LogP contribution in [0.3, 0.4) is 0 Å². The van der Waals surface area contributed by atoms with Crippen LogP contribution in [0.15, 0.2) is 12.1 Å². The molecule has 1 aliphatic heterocycles. The van der Waals surface area contributed by atoms with Gasteiger partial charge in [0.25, 0.3) is 0 Å². The van der Waals surface area contributed by atoms with Crippen molar-refractivity contribution in [2.75, 3.05) is 40.4 Å². The Hall–Kier alpha value is -1.95. The number of fused-ring (bicyclic) bond motifs is 1. The van der Waals surface area contributed by atoms with Crippen molar-refractivity contribution >= 4 is 6.03 Å². The van der Waals surface area contributed by atoms with Crippen LogP contribution >= 0.6 is 0 Å². The third kappa shape index (κ3) is 5.53. The highest BCUT2D eigenvalue weighted by Gasteiger charge is 2.24. The van der Waals surface area contributed by atoms with Crippen molar-refractivity contribution < 1.29 is 14.3 Å². The topological polar surface area (TPSA) is 54.0 Å². The Balaban J connectivity index is 2.01. The monoisotopic (exact) mass is 391 g/mol. The zero-order valence-electron chi connectivity index (χ0n) is 18.4. The van der Waals surface area contributed by atoms with Crippen LogP contribution in [-0.2, 0) is 13.0 Å². The summed E-state index contributed by atoms with van der Waals surface area (Å²) in [4.78, 5) is 17.1. The van der Waals surface area contributed by atoms with Crippen LogP contribution < -0.4 is 14.8 Å². The number of benzene rings is 1. The zero-order chi connectivity index (χ0) is 20.7. The number of amides is 2. The minimum absolute atomic E-state index is 0.0151. The molecule has 1 N–H and O–H groups in total. The molecule has 0 saturated heterocycles. The van der Waals surface area contributed by atoms with Gasteiger partial charge in [-0.1, -0.05) is 27.7 Å². The van der Waals surface area contributed by atoms with Crippen LogP contribution in [0.2, 0.25) is 0 Å². The Kier molecular flexibility index (Phi) is 8.42. The first kappa shape index (κ1) is 22.3. The Morgan fingerprint density at radius 2 is 1.75 bits per heavy atom. The van der Waals surface area contributed by atoms with E-state index in [4.69, 9.17) is 9.47 Å². The average molecular weight is 392 g/mol. The van der Waals surface area contributed by atoms with E-state index in [1.807, 2.05) is 17.0 Å². The van der Waals surface area contributed by atoms with Crippen LogP contribution in [0, 0.1) is 5.92 Å². The lowest BCUT2D eigenvalue weighted by atomic mass is 9.99. The number of carbonyl (C=O) groups excluding carboxylic acids is 1. The van der Waals surface area contributed by atoms with Gasteiger partial charge in [-0.05, 0) is 55.1 Å². The second-order valence-electron chi connectivity index (χ2n) is 7.84. The lowest BCUT2D eigenvalue weighted by Gasteiger charge is -2.33. The smallest absolute Gasteiger partial charge is 0.317 e. The fraction of sp³-hybridized carbons (Fsp3) is 0.682. The number of nitrogens with one attached hydrogen (secondary N) is 1. The molecule has 6 nitrogen and oxygen atoms in total. The van der Waals surface area contributed by atoms with E-state index in [0.29, 0.717) is 37.3 Å². The van der Waals surface area contributed by atoms with E-state index in [0.717, 1.165) is 37.2 Å². The molecule has 0 spiro atoms. The SMILES string of the molecule is CCN(CC)C(CNC(=O)N1CCc2cc(OC)c(OC)cc2C1)CC(C)C. The molecule has 1 aromatic rings. The molecule has 0 radical (unpaired) electrons. The van der Waals surface area contributed by atoms with Crippen molar-refractivity contribution in [3.8, 4) is 11.5 Å². The molecule has 0 bridgehead atoms. The number of methoxy groups -OCH3 is 2. The lowest BCUT2D eigenvalue weighted by Crippen LogP contribution is -2.49. The number of hydrogen-bond donors (Lipinski definition) is 1. The minimum atomic E-state index is 0.0151. The number of carbonyl (C=O) groups is 1. The summed E-state index contributed by atoms with van der Waals surface area (Å²) in [7, 11) is 3.29. The summed E-state index contributed by atoms with van der Waals surface area (Å²) in [5.74, 6) is 2.06. The van der Waals surface area contributed by atoms with Gasteiger partial charge in [0.05, 0.1) is 14.2 Å².